The summed E-state index contributed by atoms with van der Waals surface area (Å²) in [5, 5.41) is 13.5. The minimum absolute atomic E-state index is 0.0759. The first-order valence-electron chi connectivity index (χ1n) is 5.68. The van der Waals surface area contributed by atoms with Gasteiger partial charge in [-0.1, -0.05) is 0 Å². The Labute approximate surface area is 108 Å². The standard InChI is InChI=1S/C12H13N3O4/c1-7-14-9-6-8(2-3-10(9)19-7)15-12(18)13-5-4-11(16)17/h2-3,6H,4-5H2,1H3,(H,16,17)(H2,13,15,18). The number of anilines is 1. The van der Waals surface area contributed by atoms with Gasteiger partial charge in [-0.05, 0) is 18.2 Å². The van der Waals surface area contributed by atoms with Crippen LogP contribution in [-0.4, -0.2) is 28.6 Å². The van der Waals surface area contributed by atoms with Crippen molar-refractivity contribution in [1.29, 1.82) is 0 Å². The number of amides is 2. The molecule has 1 aromatic heterocycles. The fourth-order valence-electron chi connectivity index (χ4n) is 1.58. The Morgan fingerprint density at radius 3 is 2.95 bits per heavy atom. The highest BCUT2D eigenvalue weighted by Crippen LogP contribution is 2.19. The monoisotopic (exact) mass is 263 g/mol. The van der Waals surface area contributed by atoms with Crippen molar-refractivity contribution in [2.24, 2.45) is 0 Å². The zero-order valence-electron chi connectivity index (χ0n) is 10.3. The summed E-state index contributed by atoms with van der Waals surface area (Å²) in [6, 6.07) is 4.62. The number of carbonyl (C=O) groups is 2. The predicted molar refractivity (Wildman–Crippen MR) is 68.0 cm³/mol. The second-order valence-electron chi connectivity index (χ2n) is 3.94. The molecule has 19 heavy (non-hydrogen) atoms. The van der Waals surface area contributed by atoms with Crippen LogP contribution in [0.15, 0.2) is 22.6 Å². The molecule has 0 unspecified atom stereocenters. The molecule has 0 aliphatic heterocycles. The molecule has 0 spiro atoms. The van der Waals surface area contributed by atoms with Crippen LogP contribution >= 0.6 is 0 Å². The van der Waals surface area contributed by atoms with E-state index in [1.54, 1.807) is 25.1 Å². The number of nitrogens with one attached hydrogen (secondary N) is 2. The summed E-state index contributed by atoms with van der Waals surface area (Å²) in [6.45, 7) is 1.82. The Kier molecular flexibility index (Phi) is 3.65. The highest BCUT2D eigenvalue weighted by Gasteiger charge is 2.06. The second-order valence-corrected chi connectivity index (χ2v) is 3.94. The van der Waals surface area contributed by atoms with Gasteiger partial charge in [0, 0.05) is 19.2 Å². The maximum Gasteiger partial charge on any atom is 0.319 e. The van der Waals surface area contributed by atoms with Crippen LogP contribution in [0.25, 0.3) is 11.1 Å². The van der Waals surface area contributed by atoms with Gasteiger partial charge in [0.1, 0.15) is 5.52 Å². The third-order valence-corrected chi connectivity index (χ3v) is 2.38. The first-order valence-corrected chi connectivity index (χ1v) is 5.68. The zero-order valence-corrected chi connectivity index (χ0v) is 10.3. The van der Waals surface area contributed by atoms with E-state index in [0.717, 1.165) is 0 Å². The van der Waals surface area contributed by atoms with E-state index < -0.39 is 12.0 Å². The van der Waals surface area contributed by atoms with Gasteiger partial charge in [0.15, 0.2) is 11.5 Å². The fraction of sp³-hybridized carbons (Fsp3) is 0.250. The molecule has 0 saturated heterocycles. The Bertz CT molecular complexity index is 620. The summed E-state index contributed by atoms with van der Waals surface area (Å²) >= 11 is 0. The molecule has 2 amide bonds. The van der Waals surface area contributed by atoms with Crippen molar-refractivity contribution in [2.45, 2.75) is 13.3 Å². The van der Waals surface area contributed by atoms with E-state index in [2.05, 4.69) is 15.6 Å². The van der Waals surface area contributed by atoms with Gasteiger partial charge in [-0.25, -0.2) is 9.78 Å². The second kappa shape index (κ2) is 5.38. The molecule has 1 aromatic carbocycles. The molecule has 0 bridgehead atoms. The number of nitrogens with zero attached hydrogens (tertiary/aromatic N) is 1. The molecule has 2 rings (SSSR count). The smallest absolute Gasteiger partial charge is 0.319 e. The van der Waals surface area contributed by atoms with E-state index in [9.17, 15) is 9.59 Å². The SMILES string of the molecule is Cc1nc2cc(NC(=O)NCCC(=O)O)ccc2o1. The van der Waals surface area contributed by atoms with Crippen molar-refractivity contribution in [1.82, 2.24) is 10.3 Å². The third kappa shape index (κ3) is 3.44. The zero-order chi connectivity index (χ0) is 13.8. The molecule has 2 aromatic rings. The van der Waals surface area contributed by atoms with Crippen molar-refractivity contribution in [2.75, 3.05) is 11.9 Å². The number of urea groups is 1. The molecule has 0 atom stereocenters. The molecule has 0 fully saturated rings. The minimum atomic E-state index is -0.959. The van der Waals surface area contributed by atoms with Gasteiger partial charge >= 0.3 is 12.0 Å². The molecule has 0 saturated carbocycles. The lowest BCUT2D eigenvalue weighted by Crippen LogP contribution is -2.30. The lowest BCUT2D eigenvalue weighted by atomic mass is 10.3. The Hall–Kier alpha value is -2.57. The number of hydrogen-bond acceptors (Lipinski definition) is 4. The topological polar surface area (TPSA) is 104 Å². The molecule has 3 N–H and O–H groups in total. The van der Waals surface area contributed by atoms with Gasteiger partial charge in [-0.3, -0.25) is 4.79 Å². The lowest BCUT2D eigenvalue weighted by molar-refractivity contribution is -0.136. The van der Waals surface area contributed by atoms with E-state index in [1.807, 2.05) is 0 Å². The van der Waals surface area contributed by atoms with Crippen LogP contribution in [0.4, 0.5) is 10.5 Å². The minimum Gasteiger partial charge on any atom is -0.481 e. The van der Waals surface area contributed by atoms with Gasteiger partial charge in [-0.2, -0.15) is 0 Å². The quantitative estimate of drug-likeness (QED) is 0.779. The Balaban J connectivity index is 1.96. The van der Waals surface area contributed by atoms with E-state index in [4.69, 9.17) is 9.52 Å². The van der Waals surface area contributed by atoms with Crippen LogP contribution < -0.4 is 10.6 Å². The van der Waals surface area contributed by atoms with Gasteiger partial charge in [0.25, 0.3) is 0 Å². The van der Waals surface area contributed by atoms with Crippen molar-refractivity contribution in [3.8, 4) is 0 Å². The number of rotatable bonds is 4. The number of carbonyl (C=O) groups excluding carboxylic acids is 1. The van der Waals surface area contributed by atoms with Crippen LogP contribution in [0.3, 0.4) is 0 Å². The molecule has 0 radical (unpaired) electrons. The number of carboxylic acids is 1. The van der Waals surface area contributed by atoms with Crippen LogP contribution in [0.5, 0.6) is 0 Å². The van der Waals surface area contributed by atoms with E-state index in [-0.39, 0.29) is 13.0 Å². The number of oxazole rings is 1. The molecule has 100 valence electrons. The summed E-state index contributed by atoms with van der Waals surface area (Å²) in [5.41, 5.74) is 1.86. The van der Waals surface area contributed by atoms with Crippen LogP contribution in [0.2, 0.25) is 0 Å². The first-order chi connectivity index (χ1) is 9.04. The van der Waals surface area contributed by atoms with Crippen molar-refractivity contribution in [3.63, 3.8) is 0 Å². The van der Waals surface area contributed by atoms with Crippen LogP contribution in [-0.2, 0) is 4.79 Å². The Morgan fingerprint density at radius 2 is 2.21 bits per heavy atom. The van der Waals surface area contributed by atoms with E-state index in [0.29, 0.717) is 22.7 Å². The Morgan fingerprint density at radius 1 is 1.42 bits per heavy atom. The van der Waals surface area contributed by atoms with E-state index >= 15 is 0 Å². The first kappa shape index (κ1) is 12.9. The summed E-state index contributed by atoms with van der Waals surface area (Å²) in [4.78, 5) is 25.9. The maximum absolute atomic E-state index is 11.5. The largest absolute Gasteiger partial charge is 0.481 e. The number of benzene rings is 1. The van der Waals surface area contributed by atoms with Gasteiger partial charge in [0.2, 0.25) is 0 Å². The van der Waals surface area contributed by atoms with E-state index in [1.165, 1.54) is 0 Å². The molecule has 7 heteroatoms. The third-order valence-electron chi connectivity index (χ3n) is 2.38. The number of aromatic nitrogens is 1. The predicted octanol–water partition coefficient (Wildman–Crippen LogP) is 1.73. The van der Waals surface area contributed by atoms with Crippen LogP contribution in [0.1, 0.15) is 12.3 Å². The molecule has 0 aliphatic carbocycles. The van der Waals surface area contributed by atoms with Gasteiger partial charge < -0.3 is 20.2 Å². The number of fused-ring (bicyclic) bond motifs is 1. The summed E-state index contributed by atoms with van der Waals surface area (Å²) < 4.78 is 5.31. The molecule has 0 aliphatic rings. The van der Waals surface area contributed by atoms with Crippen molar-refractivity contribution < 1.29 is 19.1 Å². The number of carboxylic acid groups (broad SMARTS) is 1. The van der Waals surface area contributed by atoms with Gasteiger partial charge in [-0.15, -0.1) is 0 Å². The fourth-order valence-corrected chi connectivity index (χ4v) is 1.58. The molecule has 1 heterocycles. The lowest BCUT2D eigenvalue weighted by Gasteiger charge is -2.06. The summed E-state index contributed by atoms with van der Waals surface area (Å²) in [7, 11) is 0. The maximum atomic E-state index is 11.5. The molecular formula is C12H13N3O4. The average molecular weight is 263 g/mol. The van der Waals surface area contributed by atoms with Crippen molar-refractivity contribution >= 4 is 28.8 Å². The normalized spacial score (nSPS) is 10.4. The van der Waals surface area contributed by atoms with Gasteiger partial charge in [0.05, 0.1) is 6.42 Å². The number of hydrogen-bond donors (Lipinski definition) is 3. The number of aryl methyl sites for hydroxylation is 1. The highest BCUT2D eigenvalue weighted by atomic mass is 16.4. The highest BCUT2D eigenvalue weighted by molar-refractivity contribution is 5.91. The van der Waals surface area contributed by atoms with Crippen LogP contribution in [0, 0.1) is 6.92 Å². The summed E-state index contributed by atoms with van der Waals surface area (Å²) in [6.07, 6.45) is -0.116. The van der Waals surface area contributed by atoms with Crippen molar-refractivity contribution in [3.05, 3.63) is 24.1 Å². The molecular weight excluding hydrogens is 250 g/mol. The average Bonchev–Trinajstić information content (AvgIpc) is 2.67. The molecule has 7 nitrogen and oxygen atoms in total. The number of aliphatic carboxylic acids is 1. The summed E-state index contributed by atoms with van der Waals surface area (Å²) in [5.74, 6) is -0.405.